The van der Waals surface area contributed by atoms with Crippen LogP contribution in [-0.4, -0.2) is 37.6 Å². The molecule has 2 N–H and O–H groups in total. The summed E-state index contributed by atoms with van der Waals surface area (Å²) in [7, 11) is 0. The molecule has 1 atom stereocenters. The van der Waals surface area contributed by atoms with E-state index < -0.39 is 0 Å². The molecule has 0 amide bonds. The van der Waals surface area contributed by atoms with Crippen LogP contribution in [0.3, 0.4) is 0 Å². The highest BCUT2D eigenvalue weighted by molar-refractivity contribution is 6.30. The van der Waals surface area contributed by atoms with Crippen LogP contribution < -0.4 is 10.6 Å². The average molecular weight is 316 g/mol. The van der Waals surface area contributed by atoms with Crippen LogP contribution in [0.4, 0.5) is 5.69 Å². The molecule has 0 saturated carbocycles. The van der Waals surface area contributed by atoms with E-state index >= 15 is 0 Å². The van der Waals surface area contributed by atoms with Crippen LogP contribution in [0.1, 0.15) is 11.6 Å². The van der Waals surface area contributed by atoms with Gasteiger partial charge in [-0.3, -0.25) is 4.90 Å². The van der Waals surface area contributed by atoms with Gasteiger partial charge in [-0.2, -0.15) is 0 Å². The van der Waals surface area contributed by atoms with Crippen molar-refractivity contribution in [3.05, 3.63) is 65.2 Å². The number of hydrogen-bond donors (Lipinski definition) is 1. The summed E-state index contributed by atoms with van der Waals surface area (Å²) in [6, 6.07) is 18.5. The normalized spacial score (nSPS) is 17.5. The van der Waals surface area contributed by atoms with Crippen molar-refractivity contribution >= 4 is 17.3 Å². The van der Waals surface area contributed by atoms with E-state index in [1.54, 1.807) is 0 Å². The van der Waals surface area contributed by atoms with Gasteiger partial charge >= 0.3 is 0 Å². The van der Waals surface area contributed by atoms with Crippen molar-refractivity contribution < 1.29 is 0 Å². The Balaban J connectivity index is 1.54. The molecule has 116 valence electrons. The van der Waals surface area contributed by atoms with Gasteiger partial charge in [-0.25, -0.2) is 0 Å². The molecule has 1 aliphatic rings. The summed E-state index contributed by atoms with van der Waals surface area (Å²) < 4.78 is 0. The minimum Gasteiger partial charge on any atom is -0.369 e. The summed E-state index contributed by atoms with van der Waals surface area (Å²) in [5.74, 6) is 0. The SMILES string of the molecule is N[C@H](CN1CCN(c2cccc(Cl)c2)CC1)c1ccccc1. The molecule has 4 heteroatoms. The molecule has 3 nitrogen and oxygen atoms in total. The summed E-state index contributed by atoms with van der Waals surface area (Å²) in [5, 5.41) is 0.797. The Labute approximate surface area is 137 Å². The number of nitrogens with zero attached hydrogens (tertiary/aromatic N) is 2. The summed E-state index contributed by atoms with van der Waals surface area (Å²) >= 11 is 6.08. The van der Waals surface area contributed by atoms with Crippen molar-refractivity contribution in [2.24, 2.45) is 5.73 Å². The van der Waals surface area contributed by atoms with Crippen molar-refractivity contribution in [1.29, 1.82) is 0 Å². The minimum absolute atomic E-state index is 0.0823. The first-order chi connectivity index (χ1) is 10.7. The van der Waals surface area contributed by atoms with E-state index in [-0.39, 0.29) is 6.04 Å². The van der Waals surface area contributed by atoms with Crippen LogP contribution in [-0.2, 0) is 0 Å². The number of rotatable bonds is 4. The van der Waals surface area contributed by atoms with E-state index in [9.17, 15) is 0 Å². The molecule has 3 rings (SSSR count). The molecule has 0 aliphatic carbocycles. The number of piperazine rings is 1. The summed E-state index contributed by atoms with van der Waals surface area (Å²) in [6.07, 6.45) is 0. The van der Waals surface area contributed by atoms with Crippen molar-refractivity contribution in [3.63, 3.8) is 0 Å². The zero-order valence-electron chi connectivity index (χ0n) is 12.7. The molecule has 22 heavy (non-hydrogen) atoms. The third-order valence-electron chi connectivity index (χ3n) is 4.23. The maximum Gasteiger partial charge on any atom is 0.0426 e. The maximum absolute atomic E-state index is 6.32. The largest absolute Gasteiger partial charge is 0.369 e. The Morgan fingerprint density at radius 2 is 1.68 bits per heavy atom. The van der Waals surface area contributed by atoms with Gasteiger partial charge < -0.3 is 10.6 Å². The topological polar surface area (TPSA) is 32.5 Å². The summed E-state index contributed by atoms with van der Waals surface area (Å²) in [4.78, 5) is 4.83. The van der Waals surface area contributed by atoms with Crippen molar-refractivity contribution in [2.45, 2.75) is 6.04 Å². The molecular formula is C18H22ClN3. The smallest absolute Gasteiger partial charge is 0.0426 e. The fourth-order valence-electron chi connectivity index (χ4n) is 2.95. The monoisotopic (exact) mass is 315 g/mol. The van der Waals surface area contributed by atoms with E-state index in [0.29, 0.717) is 0 Å². The Morgan fingerprint density at radius 1 is 0.955 bits per heavy atom. The van der Waals surface area contributed by atoms with Crippen LogP contribution in [0, 0.1) is 0 Å². The highest BCUT2D eigenvalue weighted by Gasteiger charge is 2.19. The molecule has 0 spiro atoms. The van der Waals surface area contributed by atoms with E-state index in [2.05, 4.69) is 28.0 Å². The zero-order chi connectivity index (χ0) is 15.4. The van der Waals surface area contributed by atoms with E-state index in [1.165, 1.54) is 11.3 Å². The van der Waals surface area contributed by atoms with Gasteiger partial charge in [0.15, 0.2) is 0 Å². The molecule has 0 unspecified atom stereocenters. The highest BCUT2D eigenvalue weighted by atomic mass is 35.5. The summed E-state index contributed by atoms with van der Waals surface area (Å²) in [6.45, 7) is 5.01. The third kappa shape index (κ3) is 3.80. The fraction of sp³-hybridized carbons (Fsp3) is 0.333. The second-order valence-corrected chi connectivity index (χ2v) is 6.22. The second kappa shape index (κ2) is 7.14. The zero-order valence-corrected chi connectivity index (χ0v) is 13.4. The maximum atomic E-state index is 6.32. The Kier molecular flexibility index (Phi) is 4.98. The van der Waals surface area contributed by atoms with E-state index in [1.807, 2.05) is 36.4 Å². The van der Waals surface area contributed by atoms with Crippen LogP contribution in [0.25, 0.3) is 0 Å². The van der Waals surface area contributed by atoms with Gasteiger partial charge in [0, 0.05) is 49.5 Å². The Bertz CT molecular complexity index is 594. The fourth-order valence-corrected chi connectivity index (χ4v) is 3.13. The number of hydrogen-bond acceptors (Lipinski definition) is 3. The van der Waals surface area contributed by atoms with Crippen LogP contribution in [0.5, 0.6) is 0 Å². The number of anilines is 1. The van der Waals surface area contributed by atoms with Gasteiger partial charge in [-0.1, -0.05) is 48.0 Å². The van der Waals surface area contributed by atoms with Gasteiger partial charge in [-0.15, -0.1) is 0 Å². The molecular weight excluding hydrogens is 294 g/mol. The quantitative estimate of drug-likeness (QED) is 0.940. The van der Waals surface area contributed by atoms with E-state index in [4.69, 9.17) is 17.3 Å². The Hall–Kier alpha value is -1.55. The molecule has 0 bridgehead atoms. The molecule has 1 heterocycles. The first kappa shape index (κ1) is 15.3. The average Bonchev–Trinajstić information content (AvgIpc) is 2.56. The lowest BCUT2D eigenvalue weighted by atomic mass is 10.1. The predicted octanol–water partition coefficient (Wildman–Crippen LogP) is 3.16. The van der Waals surface area contributed by atoms with Crippen LogP contribution in [0.15, 0.2) is 54.6 Å². The molecule has 2 aromatic carbocycles. The lowest BCUT2D eigenvalue weighted by molar-refractivity contribution is 0.243. The standard InChI is InChI=1S/C18H22ClN3/c19-16-7-4-8-17(13-16)22-11-9-21(10-12-22)14-18(20)15-5-2-1-3-6-15/h1-8,13,18H,9-12,14,20H2/t18-/m1/s1. The first-order valence-corrected chi connectivity index (χ1v) is 8.13. The molecule has 1 aliphatic heterocycles. The van der Waals surface area contributed by atoms with Gasteiger partial charge in [0.25, 0.3) is 0 Å². The van der Waals surface area contributed by atoms with Crippen molar-refractivity contribution in [2.75, 3.05) is 37.6 Å². The third-order valence-corrected chi connectivity index (χ3v) is 4.46. The van der Waals surface area contributed by atoms with Gasteiger partial charge in [0.1, 0.15) is 0 Å². The first-order valence-electron chi connectivity index (χ1n) is 7.76. The number of benzene rings is 2. The van der Waals surface area contributed by atoms with Gasteiger partial charge in [0.2, 0.25) is 0 Å². The van der Waals surface area contributed by atoms with Gasteiger partial charge in [-0.05, 0) is 23.8 Å². The minimum atomic E-state index is 0.0823. The molecule has 2 aromatic rings. The lowest BCUT2D eigenvalue weighted by Gasteiger charge is -2.37. The second-order valence-electron chi connectivity index (χ2n) is 5.78. The van der Waals surface area contributed by atoms with Crippen molar-refractivity contribution in [1.82, 2.24) is 4.90 Å². The summed E-state index contributed by atoms with van der Waals surface area (Å²) in [5.41, 5.74) is 8.73. The predicted molar refractivity (Wildman–Crippen MR) is 93.5 cm³/mol. The lowest BCUT2D eigenvalue weighted by Crippen LogP contribution is -2.48. The van der Waals surface area contributed by atoms with Crippen molar-refractivity contribution in [3.8, 4) is 0 Å². The van der Waals surface area contributed by atoms with Crippen LogP contribution >= 0.6 is 11.6 Å². The molecule has 1 fully saturated rings. The van der Waals surface area contributed by atoms with E-state index in [0.717, 1.165) is 37.7 Å². The molecule has 0 aromatic heterocycles. The van der Waals surface area contributed by atoms with Gasteiger partial charge in [0.05, 0.1) is 0 Å². The number of halogens is 1. The molecule has 1 saturated heterocycles. The number of nitrogens with two attached hydrogens (primary N) is 1. The van der Waals surface area contributed by atoms with Crippen LogP contribution in [0.2, 0.25) is 5.02 Å². The molecule has 0 radical (unpaired) electrons. The highest BCUT2D eigenvalue weighted by Crippen LogP contribution is 2.21. The Morgan fingerprint density at radius 3 is 2.36 bits per heavy atom.